The Balaban J connectivity index is 1.42. The van der Waals surface area contributed by atoms with Gasteiger partial charge in [0.15, 0.2) is 0 Å². The van der Waals surface area contributed by atoms with Crippen LogP contribution in [0.3, 0.4) is 0 Å². The highest BCUT2D eigenvalue weighted by atomic mass is 35.5. The third kappa shape index (κ3) is 4.99. The molecule has 2 aromatic heterocycles. The van der Waals surface area contributed by atoms with E-state index in [1.807, 2.05) is 31.2 Å². The van der Waals surface area contributed by atoms with Crippen molar-refractivity contribution in [1.82, 2.24) is 24.5 Å². The molecule has 0 saturated carbocycles. The van der Waals surface area contributed by atoms with Crippen molar-refractivity contribution in [3.8, 4) is 0 Å². The summed E-state index contributed by atoms with van der Waals surface area (Å²) < 4.78 is 3.25. The average molecular weight is 478 g/mol. The number of amides is 2. The van der Waals surface area contributed by atoms with E-state index < -0.39 is 6.04 Å². The number of aromatic nitrogens is 5. The van der Waals surface area contributed by atoms with Crippen LogP contribution in [0.15, 0.2) is 61.2 Å². The number of nitrogens with zero attached hydrogens (tertiary/aromatic N) is 5. The lowest BCUT2D eigenvalue weighted by Crippen LogP contribution is -2.24. The number of carbonyl (C=O) groups is 2. The zero-order valence-electron chi connectivity index (χ0n) is 19.0. The SMILES string of the molecule is Cc1nn(Cc2ccccc2Cl)c(C)c1C(=O)Nc1ccc(NC(=O)C(C)n2cncn2)cc1. The van der Waals surface area contributed by atoms with Crippen LogP contribution in [0, 0.1) is 13.8 Å². The monoisotopic (exact) mass is 477 g/mol. The molecule has 0 aliphatic rings. The molecule has 9 nitrogen and oxygen atoms in total. The van der Waals surface area contributed by atoms with Crippen molar-refractivity contribution in [3.05, 3.63) is 88.7 Å². The van der Waals surface area contributed by atoms with E-state index in [9.17, 15) is 9.59 Å². The van der Waals surface area contributed by atoms with Crippen LogP contribution < -0.4 is 10.6 Å². The Morgan fingerprint density at radius 2 is 1.71 bits per heavy atom. The molecule has 1 atom stereocenters. The highest BCUT2D eigenvalue weighted by Crippen LogP contribution is 2.21. The average Bonchev–Trinajstić information content (AvgIpc) is 3.44. The Bertz CT molecular complexity index is 1310. The maximum atomic E-state index is 13.0. The molecular weight excluding hydrogens is 454 g/mol. The molecule has 2 N–H and O–H groups in total. The predicted octanol–water partition coefficient (Wildman–Crippen LogP) is 4.25. The van der Waals surface area contributed by atoms with Gasteiger partial charge in [0.05, 0.1) is 17.8 Å². The van der Waals surface area contributed by atoms with Gasteiger partial charge in [-0.3, -0.25) is 14.3 Å². The Kier molecular flexibility index (Phi) is 6.74. The van der Waals surface area contributed by atoms with Gasteiger partial charge in [0.2, 0.25) is 5.91 Å². The van der Waals surface area contributed by atoms with Gasteiger partial charge in [0.1, 0.15) is 18.7 Å². The third-order valence-electron chi connectivity index (χ3n) is 5.51. The standard InChI is InChI=1S/C24H24ClN7O2/c1-15-22(16(2)31(30-15)12-18-6-4-5-7-21(18)25)24(34)29-20-10-8-19(9-11-20)28-23(33)17(3)32-14-26-13-27-32/h4-11,13-14,17H,12H2,1-3H3,(H,28,33)(H,29,34). The Labute approximate surface area is 201 Å². The normalized spacial score (nSPS) is 11.8. The molecule has 34 heavy (non-hydrogen) atoms. The first-order valence-corrected chi connectivity index (χ1v) is 11.0. The van der Waals surface area contributed by atoms with E-state index in [4.69, 9.17) is 11.6 Å². The lowest BCUT2D eigenvalue weighted by molar-refractivity contribution is -0.119. The summed E-state index contributed by atoms with van der Waals surface area (Å²) >= 11 is 6.28. The van der Waals surface area contributed by atoms with Crippen molar-refractivity contribution in [2.45, 2.75) is 33.4 Å². The van der Waals surface area contributed by atoms with Gasteiger partial charge in [0, 0.05) is 22.1 Å². The lowest BCUT2D eigenvalue weighted by atomic mass is 10.1. The molecule has 1 unspecified atom stereocenters. The molecule has 0 spiro atoms. The number of aryl methyl sites for hydroxylation is 1. The third-order valence-corrected chi connectivity index (χ3v) is 5.88. The first kappa shape index (κ1) is 23.2. The van der Waals surface area contributed by atoms with Crippen LogP contribution in [0.4, 0.5) is 11.4 Å². The number of carbonyl (C=O) groups excluding carboxylic acids is 2. The number of anilines is 2. The van der Waals surface area contributed by atoms with E-state index >= 15 is 0 Å². The molecule has 0 bridgehead atoms. The fourth-order valence-corrected chi connectivity index (χ4v) is 3.78. The maximum absolute atomic E-state index is 13.0. The van der Waals surface area contributed by atoms with Crippen molar-refractivity contribution in [1.29, 1.82) is 0 Å². The summed E-state index contributed by atoms with van der Waals surface area (Å²) in [5.74, 6) is -0.475. The highest BCUT2D eigenvalue weighted by Gasteiger charge is 2.20. The molecule has 0 aliphatic carbocycles. The fourth-order valence-electron chi connectivity index (χ4n) is 3.58. The zero-order chi connectivity index (χ0) is 24.2. The van der Waals surface area contributed by atoms with Gasteiger partial charge < -0.3 is 10.6 Å². The summed E-state index contributed by atoms with van der Waals surface area (Å²) in [7, 11) is 0. The summed E-state index contributed by atoms with van der Waals surface area (Å²) in [4.78, 5) is 29.3. The summed E-state index contributed by atoms with van der Waals surface area (Å²) in [6, 6.07) is 14.0. The van der Waals surface area contributed by atoms with E-state index in [0.717, 1.165) is 11.3 Å². The second-order valence-electron chi connectivity index (χ2n) is 7.87. The molecule has 2 heterocycles. The van der Waals surface area contributed by atoms with Gasteiger partial charge in [-0.1, -0.05) is 29.8 Å². The molecule has 2 aromatic carbocycles. The van der Waals surface area contributed by atoms with E-state index in [0.29, 0.717) is 34.2 Å². The second kappa shape index (κ2) is 9.88. The number of rotatable bonds is 7. The van der Waals surface area contributed by atoms with Gasteiger partial charge in [0.25, 0.3) is 5.91 Å². The number of benzene rings is 2. The van der Waals surface area contributed by atoms with E-state index in [1.165, 1.54) is 17.3 Å². The largest absolute Gasteiger partial charge is 0.324 e. The molecule has 4 rings (SSSR count). The maximum Gasteiger partial charge on any atom is 0.259 e. The molecule has 0 radical (unpaired) electrons. The van der Waals surface area contributed by atoms with Crippen LogP contribution in [0.2, 0.25) is 5.02 Å². The number of hydrogen-bond donors (Lipinski definition) is 2. The van der Waals surface area contributed by atoms with Crippen LogP contribution in [0.5, 0.6) is 0 Å². The minimum atomic E-state index is -0.505. The fraction of sp³-hybridized carbons (Fsp3) is 0.208. The summed E-state index contributed by atoms with van der Waals surface area (Å²) in [6.45, 7) is 5.87. The summed E-state index contributed by atoms with van der Waals surface area (Å²) in [6.07, 6.45) is 2.87. The number of halogens is 1. The number of hydrogen-bond acceptors (Lipinski definition) is 5. The smallest absolute Gasteiger partial charge is 0.259 e. The minimum Gasteiger partial charge on any atom is -0.324 e. The second-order valence-corrected chi connectivity index (χ2v) is 8.27. The topological polar surface area (TPSA) is 107 Å². The zero-order valence-corrected chi connectivity index (χ0v) is 19.7. The summed E-state index contributed by atoms with van der Waals surface area (Å²) in [5, 5.41) is 14.9. The molecule has 4 aromatic rings. The summed E-state index contributed by atoms with van der Waals surface area (Å²) in [5.41, 5.74) is 4.04. The van der Waals surface area contributed by atoms with Crippen molar-refractivity contribution in [2.75, 3.05) is 10.6 Å². The van der Waals surface area contributed by atoms with Gasteiger partial charge in [-0.25, -0.2) is 9.67 Å². The van der Waals surface area contributed by atoms with Crippen molar-refractivity contribution < 1.29 is 9.59 Å². The van der Waals surface area contributed by atoms with E-state index in [1.54, 1.807) is 42.8 Å². The predicted molar refractivity (Wildman–Crippen MR) is 130 cm³/mol. The molecule has 0 saturated heterocycles. The van der Waals surface area contributed by atoms with Crippen molar-refractivity contribution >= 4 is 34.8 Å². The van der Waals surface area contributed by atoms with Crippen LogP contribution in [-0.4, -0.2) is 36.4 Å². The van der Waals surface area contributed by atoms with Crippen molar-refractivity contribution in [2.24, 2.45) is 0 Å². The van der Waals surface area contributed by atoms with Gasteiger partial charge in [-0.2, -0.15) is 10.2 Å². The first-order chi connectivity index (χ1) is 16.3. The molecule has 0 fully saturated rings. The lowest BCUT2D eigenvalue weighted by Gasteiger charge is -2.12. The first-order valence-electron chi connectivity index (χ1n) is 10.7. The highest BCUT2D eigenvalue weighted by molar-refractivity contribution is 6.31. The van der Waals surface area contributed by atoms with E-state index in [-0.39, 0.29) is 11.8 Å². The molecule has 174 valence electrons. The van der Waals surface area contributed by atoms with Crippen LogP contribution >= 0.6 is 11.6 Å². The van der Waals surface area contributed by atoms with Gasteiger partial charge in [-0.05, 0) is 56.7 Å². The molecule has 10 heteroatoms. The van der Waals surface area contributed by atoms with Crippen LogP contribution in [0.1, 0.15) is 40.3 Å². The molecule has 2 amide bonds. The van der Waals surface area contributed by atoms with Crippen LogP contribution in [0.25, 0.3) is 0 Å². The van der Waals surface area contributed by atoms with Gasteiger partial charge in [-0.15, -0.1) is 0 Å². The van der Waals surface area contributed by atoms with Crippen molar-refractivity contribution in [3.63, 3.8) is 0 Å². The van der Waals surface area contributed by atoms with E-state index in [2.05, 4.69) is 25.8 Å². The van der Waals surface area contributed by atoms with Gasteiger partial charge >= 0.3 is 0 Å². The molecule has 0 aliphatic heterocycles. The van der Waals surface area contributed by atoms with Crippen LogP contribution in [-0.2, 0) is 11.3 Å². The quantitative estimate of drug-likeness (QED) is 0.414. The molecular formula is C24H24ClN7O2. The number of nitrogens with one attached hydrogen (secondary N) is 2. The Morgan fingerprint density at radius 1 is 1.03 bits per heavy atom. The Morgan fingerprint density at radius 3 is 2.35 bits per heavy atom. The Hall–Kier alpha value is -3.98. The minimum absolute atomic E-state index is 0.223.